The first-order valence-corrected chi connectivity index (χ1v) is 3.83. The maximum absolute atomic E-state index is 11.8. The van der Waals surface area contributed by atoms with Gasteiger partial charge in [-0.25, -0.2) is 4.98 Å². The van der Waals surface area contributed by atoms with Gasteiger partial charge in [-0.15, -0.1) is 0 Å². The molecule has 1 aromatic rings. The number of hydrogen-bond donors (Lipinski definition) is 2. The molecule has 7 heteroatoms. The number of oxazole rings is 1. The highest BCUT2D eigenvalue weighted by molar-refractivity contribution is 4.87. The molecule has 14 heavy (non-hydrogen) atoms. The van der Waals surface area contributed by atoms with Gasteiger partial charge < -0.3 is 14.8 Å². The van der Waals surface area contributed by atoms with E-state index in [4.69, 9.17) is 9.52 Å². The first-order chi connectivity index (χ1) is 6.50. The van der Waals surface area contributed by atoms with Crippen LogP contribution in [0.25, 0.3) is 0 Å². The van der Waals surface area contributed by atoms with E-state index in [0.29, 0.717) is 5.76 Å². The van der Waals surface area contributed by atoms with Crippen LogP contribution < -0.4 is 5.32 Å². The number of aliphatic hydroxyl groups is 1. The number of rotatable bonds is 4. The number of nitrogens with zero attached hydrogens (tertiary/aromatic N) is 1. The average Bonchev–Trinajstić information content (AvgIpc) is 2.55. The zero-order valence-electron chi connectivity index (χ0n) is 7.08. The van der Waals surface area contributed by atoms with Crippen molar-refractivity contribution in [1.82, 2.24) is 10.3 Å². The van der Waals surface area contributed by atoms with Gasteiger partial charge in [-0.05, 0) is 0 Å². The molecular formula is C7H9F3N2O2. The zero-order valence-corrected chi connectivity index (χ0v) is 7.08. The summed E-state index contributed by atoms with van der Waals surface area (Å²) in [7, 11) is 0. The van der Waals surface area contributed by atoms with Gasteiger partial charge in [0.2, 0.25) is 0 Å². The Hall–Kier alpha value is -1.08. The minimum atomic E-state index is -4.59. The summed E-state index contributed by atoms with van der Waals surface area (Å²) < 4.78 is 40.1. The predicted octanol–water partition coefficient (Wildman–Crippen LogP) is 0.687. The smallest absolute Gasteiger partial charge is 0.415 e. The van der Waals surface area contributed by atoms with Crippen LogP contribution in [0.4, 0.5) is 13.2 Å². The molecule has 0 saturated carbocycles. The first kappa shape index (κ1) is 11.0. The minimum absolute atomic E-state index is 0.104. The molecular weight excluding hydrogens is 201 g/mol. The average molecular weight is 210 g/mol. The Kier molecular flexibility index (Phi) is 3.48. The van der Waals surface area contributed by atoms with Crippen molar-refractivity contribution >= 4 is 0 Å². The SMILES string of the molecule is OC(CNCc1cnco1)C(F)(F)F. The minimum Gasteiger partial charge on any atom is -0.447 e. The summed E-state index contributed by atoms with van der Waals surface area (Å²) in [6.45, 7) is -0.461. The summed E-state index contributed by atoms with van der Waals surface area (Å²) in [4.78, 5) is 3.58. The third kappa shape index (κ3) is 3.35. The molecule has 2 N–H and O–H groups in total. The Labute approximate surface area is 77.7 Å². The molecule has 1 unspecified atom stereocenters. The molecule has 0 fully saturated rings. The highest BCUT2D eigenvalue weighted by atomic mass is 19.4. The summed E-state index contributed by atoms with van der Waals surface area (Å²) in [6, 6.07) is 0. The number of hydrogen-bond acceptors (Lipinski definition) is 4. The van der Waals surface area contributed by atoms with Crippen molar-refractivity contribution in [2.24, 2.45) is 0 Å². The number of aliphatic hydroxyl groups excluding tert-OH is 1. The Balaban J connectivity index is 2.22. The lowest BCUT2D eigenvalue weighted by atomic mass is 10.3. The van der Waals surface area contributed by atoms with Gasteiger partial charge in [-0.3, -0.25) is 0 Å². The molecule has 0 saturated heterocycles. The van der Waals surface area contributed by atoms with Crippen molar-refractivity contribution in [1.29, 1.82) is 0 Å². The van der Waals surface area contributed by atoms with E-state index in [0.717, 1.165) is 0 Å². The standard InChI is InChI=1S/C7H9F3N2O2/c8-7(9,10)6(13)3-11-1-5-2-12-4-14-5/h2,4,6,11,13H,1,3H2. The monoisotopic (exact) mass is 210 g/mol. The Morgan fingerprint density at radius 3 is 2.79 bits per heavy atom. The summed E-state index contributed by atoms with van der Waals surface area (Å²) in [5.41, 5.74) is 0. The predicted molar refractivity (Wildman–Crippen MR) is 40.3 cm³/mol. The van der Waals surface area contributed by atoms with E-state index in [-0.39, 0.29) is 6.54 Å². The van der Waals surface area contributed by atoms with E-state index in [2.05, 4.69) is 10.3 Å². The lowest BCUT2D eigenvalue weighted by Crippen LogP contribution is -2.38. The van der Waals surface area contributed by atoms with Crippen LogP contribution in [0.3, 0.4) is 0 Å². The normalized spacial score (nSPS) is 14.3. The maximum Gasteiger partial charge on any atom is 0.415 e. The second-order valence-electron chi connectivity index (χ2n) is 2.66. The van der Waals surface area contributed by atoms with Gasteiger partial charge in [-0.1, -0.05) is 0 Å². The van der Waals surface area contributed by atoms with Gasteiger partial charge in [0, 0.05) is 6.54 Å². The summed E-state index contributed by atoms with van der Waals surface area (Å²) in [6.07, 6.45) is -4.39. The molecule has 0 aliphatic rings. The van der Waals surface area contributed by atoms with E-state index in [9.17, 15) is 13.2 Å². The molecule has 1 aromatic heterocycles. The van der Waals surface area contributed by atoms with Crippen LogP contribution in [0.1, 0.15) is 5.76 Å². The van der Waals surface area contributed by atoms with Crippen molar-refractivity contribution in [2.75, 3.05) is 6.54 Å². The van der Waals surface area contributed by atoms with Crippen LogP contribution in [0.5, 0.6) is 0 Å². The van der Waals surface area contributed by atoms with Crippen molar-refractivity contribution in [3.05, 3.63) is 18.4 Å². The molecule has 4 nitrogen and oxygen atoms in total. The van der Waals surface area contributed by atoms with Crippen molar-refractivity contribution < 1.29 is 22.7 Å². The quantitative estimate of drug-likeness (QED) is 0.767. The molecule has 0 spiro atoms. The van der Waals surface area contributed by atoms with Gasteiger partial charge in [0.05, 0.1) is 12.7 Å². The van der Waals surface area contributed by atoms with E-state index < -0.39 is 18.8 Å². The van der Waals surface area contributed by atoms with Crippen LogP contribution >= 0.6 is 0 Å². The van der Waals surface area contributed by atoms with Gasteiger partial charge in [0.15, 0.2) is 12.5 Å². The maximum atomic E-state index is 11.8. The van der Waals surface area contributed by atoms with Gasteiger partial charge in [0.1, 0.15) is 5.76 Å². The number of nitrogens with one attached hydrogen (secondary N) is 1. The van der Waals surface area contributed by atoms with E-state index in [1.54, 1.807) is 0 Å². The summed E-state index contributed by atoms with van der Waals surface area (Å²) >= 11 is 0. The second kappa shape index (κ2) is 4.43. The van der Waals surface area contributed by atoms with Crippen molar-refractivity contribution in [3.8, 4) is 0 Å². The van der Waals surface area contributed by atoms with Gasteiger partial charge >= 0.3 is 6.18 Å². The third-order valence-electron chi connectivity index (χ3n) is 1.50. The highest BCUT2D eigenvalue weighted by Gasteiger charge is 2.37. The fourth-order valence-corrected chi connectivity index (χ4v) is 0.777. The first-order valence-electron chi connectivity index (χ1n) is 3.83. The van der Waals surface area contributed by atoms with Gasteiger partial charge in [0.25, 0.3) is 0 Å². The molecule has 0 aliphatic carbocycles. The molecule has 0 aliphatic heterocycles. The molecule has 1 heterocycles. The van der Waals surface area contributed by atoms with Crippen LogP contribution in [0.2, 0.25) is 0 Å². The summed E-state index contributed by atoms with van der Waals surface area (Å²) in [5.74, 6) is 0.416. The van der Waals surface area contributed by atoms with Crippen LogP contribution in [0, 0.1) is 0 Å². The zero-order chi connectivity index (χ0) is 10.6. The molecule has 0 radical (unpaired) electrons. The molecule has 0 aromatic carbocycles. The van der Waals surface area contributed by atoms with E-state index >= 15 is 0 Å². The lowest BCUT2D eigenvalue weighted by molar-refractivity contribution is -0.201. The highest BCUT2D eigenvalue weighted by Crippen LogP contribution is 2.19. The molecule has 1 rings (SSSR count). The molecule has 0 bridgehead atoms. The Bertz CT molecular complexity index is 260. The summed E-state index contributed by atoms with van der Waals surface area (Å²) in [5, 5.41) is 11.0. The Morgan fingerprint density at radius 1 is 1.57 bits per heavy atom. The number of alkyl halides is 3. The van der Waals surface area contributed by atoms with E-state index in [1.165, 1.54) is 12.6 Å². The van der Waals surface area contributed by atoms with Crippen LogP contribution in [0.15, 0.2) is 17.0 Å². The van der Waals surface area contributed by atoms with Crippen LogP contribution in [-0.2, 0) is 6.54 Å². The van der Waals surface area contributed by atoms with Crippen LogP contribution in [-0.4, -0.2) is 28.9 Å². The molecule has 80 valence electrons. The molecule has 0 amide bonds. The fraction of sp³-hybridized carbons (Fsp3) is 0.571. The van der Waals surface area contributed by atoms with E-state index in [1.807, 2.05) is 0 Å². The lowest BCUT2D eigenvalue weighted by Gasteiger charge is -2.14. The number of halogens is 3. The largest absolute Gasteiger partial charge is 0.447 e. The second-order valence-corrected chi connectivity index (χ2v) is 2.66. The fourth-order valence-electron chi connectivity index (χ4n) is 0.777. The van der Waals surface area contributed by atoms with Gasteiger partial charge in [-0.2, -0.15) is 13.2 Å². The Morgan fingerprint density at radius 2 is 2.29 bits per heavy atom. The molecule has 1 atom stereocenters. The van der Waals surface area contributed by atoms with Crippen molar-refractivity contribution in [3.63, 3.8) is 0 Å². The van der Waals surface area contributed by atoms with Crippen molar-refractivity contribution in [2.45, 2.75) is 18.8 Å². The number of aromatic nitrogens is 1. The topological polar surface area (TPSA) is 58.3 Å². The third-order valence-corrected chi connectivity index (χ3v) is 1.50.